The topological polar surface area (TPSA) is 94.5 Å². The van der Waals surface area contributed by atoms with Crippen LogP contribution in [-0.2, 0) is 0 Å². The number of rotatable bonds is 3. The number of hydrogen-bond donors (Lipinski definition) is 3. The Hall–Kier alpha value is -3.41. The summed E-state index contributed by atoms with van der Waals surface area (Å²) in [6.45, 7) is 0. The predicted molar refractivity (Wildman–Crippen MR) is 87.7 cm³/mol. The zero-order chi connectivity index (χ0) is 16.2. The molecule has 0 aliphatic rings. The fourth-order valence-corrected chi connectivity index (χ4v) is 2.15. The van der Waals surface area contributed by atoms with E-state index in [1.165, 1.54) is 18.3 Å². The molecule has 0 aliphatic heterocycles. The van der Waals surface area contributed by atoms with Crippen LogP contribution in [0.3, 0.4) is 0 Å². The van der Waals surface area contributed by atoms with Gasteiger partial charge in [0, 0.05) is 5.52 Å². The van der Waals surface area contributed by atoms with Crippen LogP contribution >= 0.6 is 0 Å². The molecular weight excluding hydrogens is 294 g/mol. The van der Waals surface area contributed by atoms with Gasteiger partial charge in [0.15, 0.2) is 0 Å². The predicted octanol–water partition coefficient (Wildman–Crippen LogP) is 2.00. The van der Waals surface area contributed by atoms with Gasteiger partial charge in [0.1, 0.15) is 5.75 Å². The first-order valence-electron chi connectivity index (χ1n) is 6.88. The highest BCUT2D eigenvalue weighted by Gasteiger charge is 2.08. The Bertz CT molecular complexity index is 960. The highest BCUT2D eigenvalue weighted by Crippen LogP contribution is 2.14. The number of H-pyrrole nitrogens is 1. The summed E-state index contributed by atoms with van der Waals surface area (Å²) >= 11 is 0. The second-order valence-corrected chi connectivity index (χ2v) is 4.86. The summed E-state index contributed by atoms with van der Waals surface area (Å²) in [5.41, 5.74) is 3.14. The quantitative estimate of drug-likeness (QED) is 0.510. The summed E-state index contributed by atoms with van der Waals surface area (Å²) in [5, 5.41) is 14.2. The molecule has 23 heavy (non-hydrogen) atoms. The zero-order valence-corrected chi connectivity index (χ0v) is 12.0. The third kappa shape index (κ3) is 3.11. The molecule has 6 heteroatoms. The largest absolute Gasteiger partial charge is 0.507 e. The number of pyridine rings is 1. The second-order valence-electron chi connectivity index (χ2n) is 4.86. The number of amides is 1. The number of carbonyl (C=O) groups excluding carboxylic acids is 1. The van der Waals surface area contributed by atoms with E-state index in [4.69, 9.17) is 0 Å². The van der Waals surface area contributed by atoms with Gasteiger partial charge in [-0.25, -0.2) is 5.43 Å². The highest BCUT2D eigenvalue weighted by molar-refractivity contribution is 5.97. The van der Waals surface area contributed by atoms with E-state index in [-0.39, 0.29) is 16.9 Å². The van der Waals surface area contributed by atoms with Gasteiger partial charge in [0.25, 0.3) is 11.5 Å². The smallest absolute Gasteiger partial charge is 0.275 e. The molecule has 0 radical (unpaired) electrons. The lowest BCUT2D eigenvalue weighted by Crippen LogP contribution is -2.19. The van der Waals surface area contributed by atoms with Crippen molar-refractivity contribution in [1.82, 2.24) is 10.4 Å². The van der Waals surface area contributed by atoms with Gasteiger partial charge >= 0.3 is 0 Å². The molecule has 0 unspecified atom stereocenters. The van der Waals surface area contributed by atoms with Crippen molar-refractivity contribution in [3.63, 3.8) is 0 Å². The third-order valence-electron chi connectivity index (χ3n) is 3.30. The van der Waals surface area contributed by atoms with Crippen LogP contribution in [0.4, 0.5) is 0 Å². The molecule has 0 fully saturated rings. The summed E-state index contributed by atoms with van der Waals surface area (Å²) in [5.74, 6) is -0.694. The molecule has 2 aromatic carbocycles. The number of nitrogens with one attached hydrogen (secondary N) is 2. The van der Waals surface area contributed by atoms with Gasteiger partial charge in [0.2, 0.25) is 0 Å². The van der Waals surface area contributed by atoms with Crippen LogP contribution in [0.25, 0.3) is 10.9 Å². The van der Waals surface area contributed by atoms with E-state index in [2.05, 4.69) is 15.5 Å². The number of phenolic OH excluding ortho intramolecular Hbond substituents is 1. The normalized spacial score (nSPS) is 11.0. The van der Waals surface area contributed by atoms with Crippen molar-refractivity contribution in [2.45, 2.75) is 0 Å². The lowest BCUT2D eigenvalue weighted by molar-refractivity contribution is 0.0952. The number of hydrogen-bond acceptors (Lipinski definition) is 4. The van der Waals surface area contributed by atoms with Crippen LogP contribution in [0.2, 0.25) is 0 Å². The lowest BCUT2D eigenvalue weighted by atomic mass is 10.2. The SMILES string of the molecule is O=C(N/N=C/c1cc2ccccc2[nH]c1=O)c1ccccc1O. The van der Waals surface area contributed by atoms with Crippen molar-refractivity contribution in [2.24, 2.45) is 5.10 Å². The molecule has 6 nitrogen and oxygen atoms in total. The fourth-order valence-electron chi connectivity index (χ4n) is 2.15. The van der Waals surface area contributed by atoms with Gasteiger partial charge < -0.3 is 10.1 Å². The van der Waals surface area contributed by atoms with E-state index >= 15 is 0 Å². The summed E-state index contributed by atoms with van der Waals surface area (Å²) < 4.78 is 0. The number of carbonyl (C=O) groups is 1. The van der Waals surface area contributed by atoms with Crippen LogP contribution in [0.1, 0.15) is 15.9 Å². The number of nitrogens with zero attached hydrogens (tertiary/aromatic N) is 1. The molecule has 1 heterocycles. The maximum absolute atomic E-state index is 11.9. The molecule has 3 aromatic rings. The average molecular weight is 307 g/mol. The molecule has 1 amide bonds. The minimum atomic E-state index is -0.559. The van der Waals surface area contributed by atoms with Crippen molar-refractivity contribution in [3.05, 3.63) is 76.1 Å². The second kappa shape index (κ2) is 6.15. The van der Waals surface area contributed by atoms with Crippen LogP contribution in [0.5, 0.6) is 5.75 Å². The van der Waals surface area contributed by atoms with Gasteiger partial charge in [-0.15, -0.1) is 0 Å². The molecule has 1 aromatic heterocycles. The minimum absolute atomic E-state index is 0.108. The van der Waals surface area contributed by atoms with E-state index in [0.29, 0.717) is 5.56 Å². The summed E-state index contributed by atoms with van der Waals surface area (Å²) in [4.78, 5) is 26.6. The third-order valence-corrected chi connectivity index (χ3v) is 3.30. The standard InChI is InChI=1S/C17H13N3O3/c21-15-8-4-2-6-13(15)17(23)20-18-10-12-9-11-5-1-3-7-14(11)19-16(12)22/h1-10,21H,(H,19,22)(H,20,23)/b18-10+. The summed E-state index contributed by atoms with van der Waals surface area (Å²) in [6.07, 6.45) is 1.27. The molecule has 3 rings (SSSR count). The monoisotopic (exact) mass is 307 g/mol. The Morgan fingerprint density at radius 1 is 1.13 bits per heavy atom. The van der Waals surface area contributed by atoms with E-state index in [1.807, 2.05) is 18.2 Å². The molecule has 0 aliphatic carbocycles. The van der Waals surface area contributed by atoms with Gasteiger partial charge in [-0.3, -0.25) is 9.59 Å². The zero-order valence-electron chi connectivity index (χ0n) is 12.0. The molecule has 0 saturated carbocycles. The number of aromatic amines is 1. The van der Waals surface area contributed by atoms with Crippen LogP contribution < -0.4 is 11.0 Å². The average Bonchev–Trinajstić information content (AvgIpc) is 2.55. The van der Waals surface area contributed by atoms with Crippen molar-refractivity contribution in [2.75, 3.05) is 0 Å². The number of aromatic hydroxyl groups is 1. The number of aromatic nitrogens is 1. The summed E-state index contributed by atoms with van der Waals surface area (Å²) in [6, 6.07) is 15.2. The first-order valence-corrected chi connectivity index (χ1v) is 6.88. The molecule has 0 atom stereocenters. The van der Waals surface area contributed by atoms with Crippen molar-refractivity contribution in [1.29, 1.82) is 0 Å². The Labute approximate surface area is 131 Å². The van der Waals surface area contributed by atoms with Crippen LogP contribution in [0, 0.1) is 0 Å². The van der Waals surface area contributed by atoms with Crippen molar-refractivity contribution in [3.8, 4) is 5.75 Å². The Morgan fingerprint density at radius 3 is 2.70 bits per heavy atom. The van der Waals surface area contributed by atoms with Gasteiger partial charge in [-0.2, -0.15) is 5.10 Å². The van der Waals surface area contributed by atoms with E-state index in [9.17, 15) is 14.7 Å². The van der Waals surface area contributed by atoms with Crippen molar-refractivity contribution < 1.29 is 9.90 Å². The summed E-state index contributed by atoms with van der Waals surface area (Å²) in [7, 11) is 0. The van der Waals surface area contributed by atoms with Gasteiger partial charge in [-0.05, 0) is 29.7 Å². The highest BCUT2D eigenvalue weighted by atomic mass is 16.3. The van der Waals surface area contributed by atoms with Gasteiger partial charge in [-0.1, -0.05) is 30.3 Å². The minimum Gasteiger partial charge on any atom is -0.507 e. The van der Waals surface area contributed by atoms with E-state index in [1.54, 1.807) is 24.3 Å². The van der Waals surface area contributed by atoms with Gasteiger partial charge in [0.05, 0.1) is 17.3 Å². The Balaban J connectivity index is 1.81. The molecule has 3 N–H and O–H groups in total. The van der Waals surface area contributed by atoms with E-state index < -0.39 is 5.91 Å². The van der Waals surface area contributed by atoms with E-state index in [0.717, 1.165) is 10.9 Å². The molecule has 0 bridgehead atoms. The maximum atomic E-state index is 11.9. The van der Waals surface area contributed by atoms with Crippen LogP contribution in [-0.4, -0.2) is 22.2 Å². The van der Waals surface area contributed by atoms with Crippen molar-refractivity contribution >= 4 is 23.0 Å². The number of benzene rings is 2. The number of hydrazone groups is 1. The number of fused-ring (bicyclic) bond motifs is 1. The lowest BCUT2D eigenvalue weighted by Gasteiger charge is -2.02. The fraction of sp³-hybridized carbons (Fsp3) is 0. The molecule has 0 spiro atoms. The van der Waals surface area contributed by atoms with Crippen LogP contribution in [0.15, 0.2) is 64.5 Å². The number of para-hydroxylation sites is 2. The maximum Gasteiger partial charge on any atom is 0.275 e. The molecular formula is C17H13N3O3. The Kier molecular flexibility index (Phi) is 3.88. The molecule has 0 saturated heterocycles. The Morgan fingerprint density at radius 2 is 1.87 bits per heavy atom. The first kappa shape index (κ1) is 14.5. The molecule has 114 valence electrons. The first-order chi connectivity index (χ1) is 11.1. The number of phenols is 1.